The standard InChI is InChI=1S/C42H26O/c1-2-13-28(14-3-1)36-25-37-31-16-10-11-21-39(31)43-40(37)26-38(36)42-34-19-8-6-17-32(34)41(33-18-7-9-20-35(33)42)30-23-22-27-12-4-5-15-29(27)24-30/h1-26H/i1D,2D,3D,10D,11D,13D,14D,16D,21D,25D,26D. The van der Waals surface area contributed by atoms with Crippen LogP contribution in [0.15, 0.2) is 162 Å². The van der Waals surface area contributed by atoms with Crippen LogP contribution in [-0.4, -0.2) is 0 Å². The molecule has 0 N–H and O–H groups in total. The second-order valence-corrected chi connectivity index (χ2v) is 10.4. The molecule has 0 fully saturated rings. The molecule has 0 aliphatic carbocycles. The highest BCUT2D eigenvalue weighted by Crippen LogP contribution is 2.48. The maximum atomic E-state index is 9.85. The molecule has 0 saturated carbocycles. The summed E-state index contributed by atoms with van der Waals surface area (Å²) >= 11 is 0. The summed E-state index contributed by atoms with van der Waals surface area (Å²) in [4.78, 5) is 0. The Hall–Kier alpha value is -5.66. The first kappa shape index (κ1) is 15.5. The Kier molecular flexibility index (Phi) is 3.41. The first-order chi connectivity index (χ1) is 25.9. The van der Waals surface area contributed by atoms with Gasteiger partial charge in [-0.2, -0.15) is 0 Å². The molecule has 1 aromatic heterocycles. The molecule has 9 aromatic rings. The maximum absolute atomic E-state index is 9.85. The van der Waals surface area contributed by atoms with Crippen LogP contribution in [0.25, 0.3) is 87.6 Å². The van der Waals surface area contributed by atoms with Crippen molar-refractivity contribution in [2.24, 2.45) is 0 Å². The summed E-state index contributed by atoms with van der Waals surface area (Å²) in [5.41, 5.74) is 1.52. The van der Waals surface area contributed by atoms with Gasteiger partial charge in [0.2, 0.25) is 0 Å². The molecule has 0 aliphatic rings. The van der Waals surface area contributed by atoms with Crippen LogP contribution in [0.4, 0.5) is 0 Å². The lowest BCUT2D eigenvalue weighted by atomic mass is 9.83. The second-order valence-electron chi connectivity index (χ2n) is 10.4. The van der Waals surface area contributed by atoms with Crippen molar-refractivity contribution in [1.29, 1.82) is 0 Å². The normalized spacial score (nSPS) is 15.3. The zero-order chi connectivity index (χ0) is 37.9. The molecule has 0 aliphatic heterocycles. The van der Waals surface area contributed by atoms with Crippen molar-refractivity contribution < 1.29 is 19.5 Å². The highest BCUT2D eigenvalue weighted by atomic mass is 16.3. The second kappa shape index (κ2) is 9.44. The minimum absolute atomic E-state index is 0.0674. The highest BCUT2D eigenvalue weighted by Gasteiger charge is 2.21. The molecule has 0 bridgehead atoms. The lowest BCUT2D eigenvalue weighted by Gasteiger charge is -2.20. The molecule has 1 nitrogen and oxygen atoms in total. The largest absolute Gasteiger partial charge is 0.456 e. The van der Waals surface area contributed by atoms with Crippen molar-refractivity contribution >= 4 is 54.3 Å². The van der Waals surface area contributed by atoms with E-state index in [2.05, 4.69) is 18.2 Å². The maximum Gasteiger partial charge on any atom is 0.136 e. The zero-order valence-electron chi connectivity index (χ0n) is 33.6. The Morgan fingerprint density at radius 1 is 0.419 bits per heavy atom. The van der Waals surface area contributed by atoms with E-state index in [0.29, 0.717) is 16.3 Å². The molecule has 1 heterocycles. The average molecular weight is 558 g/mol. The fraction of sp³-hybridized carbons (Fsp3) is 0. The Balaban J connectivity index is 1.54. The van der Waals surface area contributed by atoms with Gasteiger partial charge in [-0.25, -0.2) is 0 Å². The van der Waals surface area contributed by atoms with Crippen LogP contribution in [0.3, 0.4) is 0 Å². The van der Waals surface area contributed by atoms with E-state index < -0.39 is 60.4 Å². The van der Waals surface area contributed by atoms with Crippen LogP contribution in [0.2, 0.25) is 0 Å². The van der Waals surface area contributed by atoms with Gasteiger partial charge in [-0.15, -0.1) is 0 Å². The third-order valence-corrected chi connectivity index (χ3v) is 8.04. The van der Waals surface area contributed by atoms with E-state index >= 15 is 0 Å². The van der Waals surface area contributed by atoms with E-state index in [0.717, 1.165) is 32.7 Å². The van der Waals surface area contributed by atoms with Crippen molar-refractivity contribution in [3.63, 3.8) is 0 Å². The predicted octanol–water partition coefficient (Wildman–Crippen LogP) is 12.0. The summed E-state index contributed by atoms with van der Waals surface area (Å²) in [6, 6.07) is 23.8. The zero-order valence-corrected chi connectivity index (χ0v) is 22.6. The minimum Gasteiger partial charge on any atom is -0.456 e. The van der Waals surface area contributed by atoms with Crippen LogP contribution in [0.5, 0.6) is 0 Å². The molecule has 0 spiro atoms. The number of benzene rings is 8. The molecule has 0 radical (unpaired) electrons. The monoisotopic (exact) mass is 557 g/mol. The Morgan fingerprint density at radius 3 is 1.79 bits per heavy atom. The molecule has 9 rings (SSSR count). The van der Waals surface area contributed by atoms with Crippen LogP contribution >= 0.6 is 0 Å². The molecule has 1 heteroatoms. The van der Waals surface area contributed by atoms with E-state index in [1.165, 1.54) is 0 Å². The lowest BCUT2D eigenvalue weighted by molar-refractivity contribution is 0.669. The average Bonchev–Trinajstić information content (AvgIpc) is 3.60. The van der Waals surface area contributed by atoms with Crippen molar-refractivity contribution in [3.05, 3.63) is 157 Å². The Labute approximate surface area is 264 Å². The van der Waals surface area contributed by atoms with E-state index in [-0.39, 0.29) is 44.7 Å². The van der Waals surface area contributed by atoms with E-state index in [1.54, 1.807) is 0 Å². The molecule has 0 unspecified atom stereocenters. The van der Waals surface area contributed by atoms with E-state index in [1.807, 2.05) is 72.8 Å². The van der Waals surface area contributed by atoms with E-state index in [9.17, 15) is 2.74 Å². The topological polar surface area (TPSA) is 13.1 Å². The van der Waals surface area contributed by atoms with Crippen molar-refractivity contribution in [2.45, 2.75) is 0 Å². The third-order valence-electron chi connectivity index (χ3n) is 8.04. The summed E-state index contributed by atoms with van der Waals surface area (Å²) in [7, 11) is 0. The summed E-state index contributed by atoms with van der Waals surface area (Å²) in [5.74, 6) is 0. The van der Waals surface area contributed by atoms with Gasteiger partial charge in [-0.1, -0.05) is 133 Å². The van der Waals surface area contributed by atoms with Gasteiger partial charge in [0.1, 0.15) is 11.2 Å². The van der Waals surface area contributed by atoms with Crippen LogP contribution in [-0.2, 0) is 0 Å². The van der Waals surface area contributed by atoms with Gasteiger partial charge in [0.25, 0.3) is 0 Å². The van der Waals surface area contributed by atoms with E-state index in [4.69, 9.17) is 16.8 Å². The molecule has 200 valence electrons. The Bertz CT molecular complexity index is 3040. The number of fused-ring (bicyclic) bond motifs is 6. The van der Waals surface area contributed by atoms with Crippen molar-refractivity contribution in [3.8, 4) is 33.4 Å². The fourth-order valence-electron chi connectivity index (χ4n) is 6.19. The predicted molar refractivity (Wildman–Crippen MR) is 183 cm³/mol. The quantitative estimate of drug-likeness (QED) is 0.197. The molecular formula is C42H26O. The number of rotatable bonds is 3. The molecule has 0 saturated heterocycles. The number of para-hydroxylation sites is 1. The van der Waals surface area contributed by atoms with Gasteiger partial charge in [-0.05, 0) is 89.9 Å². The fourth-order valence-corrected chi connectivity index (χ4v) is 6.19. The lowest BCUT2D eigenvalue weighted by Crippen LogP contribution is -1.93. The molecule has 8 aromatic carbocycles. The molecular weight excluding hydrogens is 520 g/mol. The van der Waals surface area contributed by atoms with Gasteiger partial charge in [0, 0.05) is 10.8 Å². The third kappa shape index (κ3) is 3.72. The van der Waals surface area contributed by atoms with Crippen molar-refractivity contribution in [2.75, 3.05) is 0 Å². The summed E-state index contributed by atoms with van der Waals surface area (Å²) in [6.45, 7) is 0. The van der Waals surface area contributed by atoms with Crippen LogP contribution in [0.1, 0.15) is 15.1 Å². The van der Waals surface area contributed by atoms with Gasteiger partial charge >= 0.3 is 0 Å². The minimum atomic E-state index is -0.622. The van der Waals surface area contributed by atoms with Gasteiger partial charge in [0.05, 0.1) is 15.1 Å². The van der Waals surface area contributed by atoms with Crippen LogP contribution in [0, 0.1) is 0 Å². The van der Waals surface area contributed by atoms with Gasteiger partial charge in [-0.3, -0.25) is 0 Å². The number of hydrogen-bond acceptors (Lipinski definition) is 1. The molecule has 0 amide bonds. The summed E-state index contributed by atoms with van der Waals surface area (Å²) < 4.78 is 103. The molecule has 0 atom stereocenters. The highest BCUT2D eigenvalue weighted by molar-refractivity contribution is 6.23. The summed E-state index contributed by atoms with van der Waals surface area (Å²) in [6.07, 6.45) is 0. The first-order valence-electron chi connectivity index (χ1n) is 19.4. The van der Waals surface area contributed by atoms with Crippen molar-refractivity contribution in [1.82, 2.24) is 0 Å². The summed E-state index contributed by atoms with van der Waals surface area (Å²) in [5, 5.41) is 4.84. The van der Waals surface area contributed by atoms with Crippen LogP contribution < -0.4 is 0 Å². The smallest absolute Gasteiger partial charge is 0.136 e. The first-order valence-corrected chi connectivity index (χ1v) is 13.9. The van der Waals surface area contributed by atoms with Gasteiger partial charge in [0.15, 0.2) is 0 Å². The Morgan fingerprint density at radius 2 is 1.05 bits per heavy atom. The molecule has 43 heavy (non-hydrogen) atoms. The SMILES string of the molecule is [2H]c1c([2H])c([2H])c(-c2c(-c3c4ccccc4c(-c4ccc5ccccc5c4)c4ccccc34)c([2H])c3oc4c([2H])c([2H])c([2H])c([2H])c4c3c2[2H])c([2H])c1[2H]. The number of furan rings is 1. The van der Waals surface area contributed by atoms with Gasteiger partial charge < -0.3 is 4.42 Å². The number of hydrogen-bond donors (Lipinski definition) is 0.